The van der Waals surface area contributed by atoms with Gasteiger partial charge >= 0.3 is 0 Å². The number of benzene rings is 1. The largest absolute Gasteiger partial charge is 0.508 e. The quantitative estimate of drug-likeness (QED) is 0.863. The Labute approximate surface area is 122 Å². The van der Waals surface area contributed by atoms with Crippen LogP contribution in [-0.2, 0) is 19.9 Å². The Morgan fingerprint density at radius 1 is 1.30 bits per heavy atom. The molecule has 1 atom stereocenters. The lowest BCUT2D eigenvalue weighted by molar-refractivity contribution is 0.404. The summed E-state index contributed by atoms with van der Waals surface area (Å²) in [5.74, 6) is 0.592. The zero-order valence-corrected chi connectivity index (χ0v) is 13.2. The van der Waals surface area contributed by atoms with Gasteiger partial charge in [0.2, 0.25) is 10.0 Å². The molecule has 1 fully saturated rings. The third-order valence-electron chi connectivity index (χ3n) is 2.96. The molecule has 112 valence electrons. The Bertz CT molecular complexity index is 699. The summed E-state index contributed by atoms with van der Waals surface area (Å²) in [5.41, 5.74) is 0. The van der Waals surface area contributed by atoms with Gasteiger partial charge in [0, 0.05) is 24.3 Å². The fraction of sp³-hybridized carbons (Fsp3) is 0.455. The number of sulfone groups is 1. The van der Waals surface area contributed by atoms with E-state index in [4.69, 9.17) is 0 Å². The first-order valence-corrected chi connectivity index (χ1v) is 10.4. The summed E-state index contributed by atoms with van der Waals surface area (Å²) in [6.07, 6.45) is 1.04. The Balaban J connectivity index is 2.46. The van der Waals surface area contributed by atoms with E-state index < -0.39 is 25.2 Å². The van der Waals surface area contributed by atoms with Crippen LogP contribution < -0.4 is 0 Å². The fourth-order valence-electron chi connectivity index (χ4n) is 1.96. The molecule has 0 saturated carbocycles. The molecular formula is C11H15NO5S3. The maximum absolute atomic E-state index is 12.5. The Hall–Kier alpha value is -0.770. The molecule has 9 heteroatoms. The van der Waals surface area contributed by atoms with Crippen molar-refractivity contribution in [2.24, 2.45) is 0 Å². The molecular weight excluding hydrogens is 322 g/mol. The molecule has 1 aliphatic heterocycles. The second kappa shape index (κ2) is 5.55. The molecule has 2 rings (SSSR count). The van der Waals surface area contributed by atoms with Gasteiger partial charge in [0.15, 0.2) is 9.84 Å². The van der Waals surface area contributed by atoms with Crippen molar-refractivity contribution in [1.29, 1.82) is 0 Å². The predicted octanol–water partition coefficient (Wildman–Crippen LogP) is 0.500. The number of hydrogen-bond donors (Lipinski definition) is 1. The van der Waals surface area contributed by atoms with Crippen molar-refractivity contribution >= 4 is 31.6 Å². The van der Waals surface area contributed by atoms with Crippen LogP contribution >= 0.6 is 11.8 Å². The molecule has 0 radical (unpaired) electrons. The molecule has 0 bridgehead atoms. The van der Waals surface area contributed by atoms with E-state index in [2.05, 4.69) is 0 Å². The molecule has 0 amide bonds. The van der Waals surface area contributed by atoms with E-state index in [-0.39, 0.29) is 22.9 Å². The molecule has 6 nitrogen and oxygen atoms in total. The first-order valence-electron chi connectivity index (χ1n) is 5.80. The minimum atomic E-state index is -3.94. The topological polar surface area (TPSA) is 91.8 Å². The van der Waals surface area contributed by atoms with E-state index in [1.165, 1.54) is 30.0 Å². The second-order valence-corrected chi connectivity index (χ2v) is 9.72. The lowest BCUT2D eigenvalue weighted by Crippen LogP contribution is -2.49. The molecule has 20 heavy (non-hydrogen) atoms. The van der Waals surface area contributed by atoms with Crippen LogP contribution in [0.25, 0.3) is 0 Å². The van der Waals surface area contributed by atoms with Crippen LogP contribution in [0.1, 0.15) is 0 Å². The van der Waals surface area contributed by atoms with E-state index in [9.17, 15) is 21.9 Å². The SMILES string of the molecule is CS(=O)(=O)C1CSCCN1S(=O)(=O)c1cccc(O)c1. The van der Waals surface area contributed by atoms with Gasteiger partial charge in [0.05, 0.1) is 4.90 Å². The van der Waals surface area contributed by atoms with Crippen LogP contribution in [0, 0.1) is 0 Å². The van der Waals surface area contributed by atoms with Gasteiger partial charge in [-0.2, -0.15) is 16.1 Å². The average molecular weight is 337 g/mol. The minimum Gasteiger partial charge on any atom is -0.508 e. The molecule has 1 N–H and O–H groups in total. The number of sulfonamides is 1. The van der Waals surface area contributed by atoms with Crippen LogP contribution in [0.15, 0.2) is 29.2 Å². The van der Waals surface area contributed by atoms with Crippen molar-refractivity contribution in [2.45, 2.75) is 10.3 Å². The first-order chi connectivity index (χ1) is 9.23. The summed E-state index contributed by atoms with van der Waals surface area (Å²) in [6.45, 7) is 0.139. The van der Waals surface area contributed by atoms with Crippen LogP contribution in [-0.4, -0.2) is 55.9 Å². The highest BCUT2D eigenvalue weighted by molar-refractivity contribution is 8.01. The van der Waals surface area contributed by atoms with Crippen molar-refractivity contribution in [3.05, 3.63) is 24.3 Å². The number of rotatable bonds is 3. The molecule has 0 aliphatic carbocycles. The molecule has 1 unspecified atom stereocenters. The summed E-state index contributed by atoms with van der Waals surface area (Å²) in [4.78, 5) is -0.0990. The van der Waals surface area contributed by atoms with Crippen molar-refractivity contribution in [3.8, 4) is 5.75 Å². The highest BCUT2D eigenvalue weighted by atomic mass is 32.2. The van der Waals surface area contributed by atoms with Crippen molar-refractivity contribution in [2.75, 3.05) is 24.3 Å². The number of aromatic hydroxyl groups is 1. The van der Waals surface area contributed by atoms with Gasteiger partial charge in [0.25, 0.3) is 0 Å². The highest BCUT2D eigenvalue weighted by Gasteiger charge is 2.39. The van der Waals surface area contributed by atoms with E-state index in [1.807, 2.05) is 0 Å². The lowest BCUT2D eigenvalue weighted by atomic mass is 10.3. The van der Waals surface area contributed by atoms with Gasteiger partial charge in [-0.15, -0.1) is 0 Å². The summed E-state index contributed by atoms with van der Waals surface area (Å²) in [6, 6.07) is 5.24. The molecule has 0 aromatic heterocycles. The molecule has 1 aromatic carbocycles. The van der Waals surface area contributed by atoms with Gasteiger partial charge < -0.3 is 5.11 Å². The van der Waals surface area contributed by atoms with Gasteiger partial charge in [-0.25, -0.2) is 16.8 Å². The van der Waals surface area contributed by atoms with Crippen molar-refractivity contribution < 1.29 is 21.9 Å². The van der Waals surface area contributed by atoms with Crippen LogP contribution in [0.3, 0.4) is 0 Å². The summed E-state index contributed by atoms with van der Waals surface area (Å²) >= 11 is 1.41. The average Bonchev–Trinajstić information content (AvgIpc) is 2.38. The Morgan fingerprint density at radius 2 is 2.00 bits per heavy atom. The molecule has 1 saturated heterocycles. The molecule has 1 heterocycles. The van der Waals surface area contributed by atoms with Gasteiger partial charge in [0.1, 0.15) is 11.1 Å². The van der Waals surface area contributed by atoms with Gasteiger partial charge in [-0.1, -0.05) is 6.07 Å². The minimum absolute atomic E-state index is 0.0990. The summed E-state index contributed by atoms with van der Waals surface area (Å²) < 4.78 is 49.6. The van der Waals surface area contributed by atoms with Crippen molar-refractivity contribution in [1.82, 2.24) is 4.31 Å². The van der Waals surface area contributed by atoms with E-state index in [1.54, 1.807) is 0 Å². The zero-order valence-electron chi connectivity index (χ0n) is 10.8. The fourth-order valence-corrected chi connectivity index (χ4v) is 7.17. The molecule has 0 spiro atoms. The number of phenolic OH excluding ortho intramolecular Hbond substituents is 1. The first kappa shape index (κ1) is 15.6. The summed E-state index contributed by atoms with van der Waals surface area (Å²) in [5, 5.41) is 8.33. The van der Waals surface area contributed by atoms with Crippen molar-refractivity contribution in [3.63, 3.8) is 0 Å². The van der Waals surface area contributed by atoms with Gasteiger partial charge in [-0.05, 0) is 18.2 Å². The van der Waals surface area contributed by atoms with Crippen LogP contribution in [0.4, 0.5) is 0 Å². The third kappa shape index (κ3) is 3.11. The summed E-state index contributed by atoms with van der Waals surface area (Å²) in [7, 11) is -7.45. The second-order valence-electron chi connectivity index (χ2n) is 4.47. The zero-order chi connectivity index (χ0) is 15.0. The van der Waals surface area contributed by atoms with Gasteiger partial charge in [-0.3, -0.25) is 0 Å². The standard InChI is InChI=1S/C11H15NO5S3/c1-19(14,15)11-8-18-6-5-12(11)20(16,17)10-4-2-3-9(13)7-10/h2-4,7,11,13H,5-6,8H2,1H3. The predicted molar refractivity (Wildman–Crippen MR) is 78.0 cm³/mol. The number of nitrogens with zero attached hydrogens (tertiary/aromatic N) is 1. The maximum atomic E-state index is 12.5. The monoisotopic (exact) mass is 337 g/mol. The Kier molecular flexibility index (Phi) is 4.33. The Morgan fingerprint density at radius 3 is 2.60 bits per heavy atom. The maximum Gasteiger partial charge on any atom is 0.244 e. The number of thioether (sulfide) groups is 1. The van der Waals surface area contributed by atoms with Crippen LogP contribution in [0.2, 0.25) is 0 Å². The molecule has 1 aromatic rings. The highest BCUT2D eigenvalue weighted by Crippen LogP contribution is 2.28. The van der Waals surface area contributed by atoms with E-state index >= 15 is 0 Å². The molecule has 1 aliphatic rings. The normalized spacial score (nSPS) is 21.8. The van der Waals surface area contributed by atoms with E-state index in [0.717, 1.165) is 16.6 Å². The third-order valence-corrected chi connectivity index (χ3v) is 7.64. The van der Waals surface area contributed by atoms with Crippen LogP contribution in [0.5, 0.6) is 5.75 Å². The smallest absolute Gasteiger partial charge is 0.244 e. The number of phenols is 1. The number of hydrogen-bond acceptors (Lipinski definition) is 6. The van der Waals surface area contributed by atoms with E-state index in [0.29, 0.717) is 5.75 Å². The lowest BCUT2D eigenvalue weighted by Gasteiger charge is -2.32.